The fraction of sp³-hybridized carbons (Fsp3) is 0.333. The van der Waals surface area contributed by atoms with Crippen LogP contribution in [-0.2, 0) is 0 Å². The van der Waals surface area contributed by atoms with E-state index in [9.17, 15) is 4.79 Å². The average molecular weight is 483 g/mol. The number of anilines is 1. The van der Waals surface area contributed by atoms with E-state index in [0.29, 0.717) is 46.5 Å². The van der Waals surface area contributed by atoms with Crippen LogP contribution in [0.1, 0.15) is 35.7 Å². The molecule has 2 atom stereocenters. The van der Waals surface area contributed by atoms with E-state index < -0.39 is 5.82 Å². The molecule has 1 N–H and O–H groups in total. The maximum Gasteiger partial charge on any atom is 0.295 e. The van der Waals surface area contributed by atoms with E-state index in [1.807, 2.05) is 0 Å². The lowest BCUT2D eigenvalue weighted by Gasteiger charge is -2.40. The minimum Gasteiger partial charge on any atom is -0.424 e. The summed E-state index contributed by atoms with van der Waals surface area (Å²) in [6, 6.07) is 8.71. The first-order valence-corrected chi connectivity index (χ1v) is 11.6. The van der Waals surface area contributed by atoms with Crippen molar-refractivity contribution in [2.45, 2.75) is 32.7 Å². The summed E-state index contributed by atoms with van der Waals surface area (Å²) in [5.74, 6) is -0.736. The first-order chi connectivity index (χ1) is 16.4. The third kappa shape index (κ3) is 4.11. The summed E-state index contributed by atoms with van der Waals surface area (Å²) in [7, 11) is 0. The molecule has 4 aromatic rings. The van der Waals surface area contributed by atoms with E-state index in [0.717, 1.165) is 12.8 Å². The van der Waals surface area contributed by atoms with Gasteiger partial charge in [0.2, 0.25) is 0 Å². The van der Waals surface area contributed by atoms with Crippen LogP contribution in [0.3, 0.4) is 0 Å². The second kappa shape index (κ2) is 9.06. The molecular weight excluding hydrogens is 459 g/mol. The summed E-state index contributed by atoms with van der Waals surface area (Å²) in [6.45, 7) is 4.68. The van der Waals surface area contributed by atoms with E-state index in [1.54, 1.807) is 42.2 Å². The molecule has 1 aliphatic rings. The van der Waals surface area contributed by atoms with Gasteiger partial charge in [-0.2, -0.15) is 20.0 Å². The molecule has 1 saturated heterocycles. The standard InChI is InChI=1S/C24H24ClFN6O2/c1-14-4-3-11-31(19(14)13-27-24-30-17-12-16(25)6-8-20(17)34-24)23(33)21-18(32-28-9-10-29-32)7-5-15(2)22(21)26/h5-10,12,14,19H,3-4,11,13H2,1-2H3,(H,27,30). The zero-order valence-corrected chi connectivity index (χ0v) is 19.6. The Morgan fingerprint density at radius 1 is 1.26 bits per heavy atom. The van der Waals surface area contributed by atoms with Crippen LogP contribution >= 0.6 is 11.6 Å². The molecule has 0 aliphatic carbocycles. The Kier molecular flexibility index (Phi) is 5.95. The maximum atomic E-state index is 15.3. The second-order valence-electron chi connectivity index (χ2n) is 8.61. The molecule has 1 amide bonds. The molecule has 3 heterocycles. The molecule has 1 aliphatic heterocycles. The molecule has 34 heavy (non-hydrogen) atoms. The highest BCUT2D eigenvalue weighted by Crippen LogP contribution is 2.29. The molecule has 2 aromatic carbocycles. The fourth-order valence-electron chi connectivity index (χ4n) is 4.50. The SMILES string of the molecule is Cc1ccc(-n2nccn2)c(C(=O)N2CCCC(C)C2CNc2nc3cc(Cl)ccc3o2)c1F. The van der Waals surface area contributed by atoms with Crippen molar-refractivity contribution >= 4 is 34.6 Å². The summed E-state index contributed by atoms with van der Waals surface area (Å²) >= 11 is 6.04. The number of aromatic nitrogens is 4. The van der Waals surface area contributed by atoms with Crippen LogP contribution in [-0.4, -0.2) is 49.9 Å². The first-order valence-electron chi connectivity index (χ1n) is 11.2. The molecular formula is C24H24ClFN6O2. The van der Waals surface area contributed by atoms with Gasteiger partial charge in [-0.3, -0.25) is 4.79 Å². The summed E-state index contributed by atoms with van der Waals surface area (Å²) in [6.07, 6.45) is 4.79. The number of likely N-dealkylation sites (tertiary alicyclic amines) is 1. The van der Waals surface area contributed by atoms with Crippen molar-refractivity contribution in [2.75, 3.05) is 18.4 Å². The zero-order valence-electron chi connectivity index (χ0n) is 18.8. The monoisotopic (exact) mass is 482 g/mol. The van der Waals surface area contributed by atoms with Crippen molar-refractivity contribution in [1.29, 1.82) is 0 Å². The van der Waals surface area contributed by atoms with Gasteiger partial charge in [-0.1, -0.05) is 24.6 Å². The van der Waals surface area contributed by atoms with Gasteiger partial charge in [0.05, 0.1) is 18.4 Å². The maximum absolute atomic E-state index is 15.3. The van der Waals surface area contributed by atoms with Gasteiger partial charge in [0, 0.05) is 18.1 Å². The Hall–Kier alpha value is -3.46. The number of piperidine rings is 1. The van der Waals surface area contributed by atoms with Gasteiger partial charge < -0.3 is 14.6 Å². The molecule has 5 rings (SSSR count). The molecule has 0 radical (unpaired) electrons. The quantitative estimate of drug-likeness (QED) is 0.437. The molecule has 0 spiro atoms. The smallest absolute Gasteiger partial charge is 0.295 e. The van der Waals surface area contributed by atoms with Gasteiger partial charge in [-0.25, -0.2) is 4.39 Å². The van der Waals surface area contributed by atoms with Crippen LogP contribution in [0, 0.1) is 18.7 Å². The largest absolute Gasteiger partial charge is 0.424 e. The summed E-state index contributed by atoms with van der Waals surface area (Å²) < 4.78 is 21.1. The van der Waals surface area contributed by atoms with Crippen molar-refractivity contribution in [3.05, 3.63) is 64.7 Å². The Labute approximate surface area is 200 Å². The highest BCUT2D eigenvalue weighted by molar-refractivity contribution is 6.31. The Morgan fingerprint density at radius 3 is 2.85 bits per heavy atom. The Morgan fingerprint density at radius 2 is 2.06 bits per heavy atom. The summed E-state index contributed by atoms with van der Waals surface area (Å²) in [5.41, 5.74) is 1.96. The van der Waals surface area contributed by atoms with E-state index >= 15 is 4.39 Å². The number of hydrogen-bond donors (Lipinski definition) is 1. The van der Waals surface area contributed by atoms with Crippen LogP contribution in [0.5, 0.6) is 0 Å². The van der Waals surface area contributed by atoms with Crippen LogP contribution in [0.4, 0.5) is 10.4 Å². The highest BCUT2D eigenvalue weighted by atomic mass is 35.5. The number of benzene rings is 2. The van der Waals surface area contributed by atoms with Crippen LogP contribution < -0.4 is 5.32 Å². The van der Waals surface area contributed by atoms with Crippen molar-refractivity contribution in [2.24, 2.45) is 5.92 Å². The highest BCUT2D eigenvalue weighted by Gasteiger charge is 2.35. The van der Waals surface area contributed by atoms with Crippen molar-refractivity contribution in [3.63, 3.8) is 0 Å². The summed E-state index contributed by atoms with van der Waals surface area (Å²) in [5, 5.41) is 12.0. The van der Waals surface area contributed by atoms with Gasteiger partial charge in [0.15, 0.2) is 5.58 Å². The van der Waals surface area contributed by atoms with Gasteiger partial charge in [-0.15, -0.1) is 0 Å². The zero-order chi connectivity index (χ0) is 23.8. The predicted molar refractivity (Wildman–Crippen MR) is 127 cm³/mol. The number of amides is 1. The number of aryl methyl sites for hydroxylation is 1. The number of halogens is 2. The van der Waals surface area contributed by atoms with Crippen molar-refractivity contribution < 1.29 is 13.6 Å². The normalized spacial score (nSPS) is 18.4. The Balaban J connectivity index is 1.44. The third-order valence-electron chi connectivity index (χ3n) is 6.35. The molecule has 0 bridgehead atoms. The molecule has 0 saturated carbocycles. The van der Waals surface area contributed by atoms with Crippen LogP contribution in [0.15, 0.2) is 47.1 Å². The topological polar surface area (TPSA) is 89.1 Å². The van der Waals surface area contributed by atoms with E-state index in [4.69, 9.17) is 16.0 Å². The minimum absolute atomic E-state index is 0.0215. The number of oxazole rings is 1. The van der Waals surface area contributed by atoms with Gasteiger partial charge in [0.1, 0.15) is 22.6 Å². The second-order valence-corrected chi connectivity index (χ2v) is 9.04. The minimum atomic E-state index is -0.555. The number of fused-ring (bicyclic) bond motifs is 1. The van der Waals surface area contributed by atoms with Gasteiger partial charge in [-0.05, 0) is 55.5 Å². The number of nitrogens with zero attached hydrogens (tertiary/aromatic N) is 5. The van der Waals surface area contributed by atoms with Gasteiger partial charge in [0.25, 0.3) is 11.9 Å². The third-order valence-corrected chi connectivity index (χ3v) is 6.58. The number of carbonyl (C=O) groups is 1. The number of rotatable bonds is 5. The fourth-order valence-corrected chi connectivity index (χ4v) is 4.67. The van der Waals surface area contributed by atoms with E-state index in [2.05, 4.69) is 27.4 Å². The molecule has 10 heteroatoms. The van der Waals surface area contributed by atoms with Crippen molar-refractivity contribution in [3.8, 4) is 5.69 Å². The Bertz CT molecular complexity index is 1340. The lowest BCUT2D eigenvalue weighted by atomic mass is 9.89. The van der Waals surface area contributed by atoms with Gasteiger partial charge >= 0.3 is 0 Å². The lowest BCUT2D eigenvalue weighted by Crippen LogP contribution is -2.51. The molecule has 176 valence electrons. The number of nitrogens with one attached hydrogen (secondary N) is 1. The van der Waals surface area contributed by atoms with Crippen LogP contribution in [0.25, 0.3) is 16.8 Å². The predicted octanol–water partition coefficient (Wildman–Crippen LogP) is 4.86. The lowest BCUT2D eigenvalue weighted by molar-refractivity contribution is 0.0534. The molecule has 2 unspecified atom stereocenters. The first kappa shape index (κ1) is 22.3. The summed E-state index contributed by atoms with van der Waals surface area (Å²) in [4.78, 5) is 21.2. The number of carbonyl (C=O) groups excluding carboxylic acids is 1. The van der Waals surface area contributed by atoms with Crippen LogP contribution in [0.2, 0.25) is 5.02 Å². The molecule has 2 aromatic heterocycles. The average Bonchev–Trinajstić information content (AvgIpc) is 3.49. The number of hydrogen-bond acceptors (Lipinski definition) is 6. The molecule has 1 fully saturated rings. The van der Waals surface area contributed by atoms with E-state index in [1.165, 1.54) is 17.2 Å². The molecule has 8 nitrogen and oxygen atoms in total. The van der Waals surface area contributed by atoms with Crippen molar-refractivity contribution in [1.82, 2.24) is 24.9 Å². The van der Waals surface area contributed by atoms with E-state index in [-0.39, 0.29) is 23.4 Å².